The van der Waals surface area contributed by atoms with Crippen LogP contribution in [0.2, 0.25) is 0 Å². The van der Waals surface area contributed by atoms with Gasteiger partial charge < -0.3 is 20.9 Å². The van der Waals surface area contributed by atoms with Gasteiger partial charge in [0, 0.05) is 37.9 Å². The Bertz CT molecular complexity index is 776. The van der Waals surface area contributed by atoms with Crippen molar-refractivity contribution in [1.82, 2.24) is 9.88 Å². The predicted octanol–water partition coefficient (Wildman–Crippen LogP) is 1.67. The molecule has 0 atom stereocenters. The zero-order chi connectivity index (χ0) is 17.8. The Kier molecular flexibility index (Phi) is 4.78. The Morgan fingerprint density at radius 3 is 2.52 bits per heavy atom. The number of amides is 3. The quantitative estimate of drug-likeness (QED) is 0.887. The van der Waals surface area contributed by atoms with Gasteiger partial charge in [0.15, 0.2) is 0 Å². The van der Waals surface area contributed by atoms with Gasteiger partial charge in [0.2, 0.25) is 5.91 Å². The van der Waals surface area contributed by atoms with Gasteiger partial charge in [-0.2, -0.15) is 0 Å². The Morgan fingerprint density at radius 1 is 1.12 bits per heavy atom. The van der Waals surface area contributed by atoms with Crippen molar-refractivity contribution in [2.45, 2.75) is 0 Å². The Hall–Kier alpha value is -3.16. The van der Waals surface area contributed by atoms with Gasteiger partial charge in [-0.3, -0.25) is 4.79 Å². The van der Waals surface area contributed by atoms with Crippen molar-refractivity contribution >= 4 is 23.4 Å². The largest absolute Gasteiger partial charge is 0.366 e. The van der Waals surface area contributed by atoms with Crippen LogP contribution in [0.1, 0.15) is 10.4 Å². The van der Waals surface area contributed by atoms with Crippen molar-refractivity contribution in [3.05, 3.63) is 54.0 Å². The van der Waals surface area contributed by atoms with Crippen LogP contribution in [0.15, 0.2) is 42.6 Å². The van der Waals surface area contributed by atoms with E-state index in [0.717, 1.165) is 11.9 Å². The molecular formula is C17H18FN5O2. The highest BCUT2D eigenvalue weighted by atomic mass is 19.1. The standard InChI is InChI=1S/C17H18FN5O2/c18-13-5-4-12(16(19)24)11-14(13)21-17(25)23-9-7-22(8-10-23)15-3-1-2-6-20-15/h1-6,11H,7-10H2,(H2,19,24)(H,21,25). The number of carbonyl (C=O) groups is 2. The van der Waals surface area contributed by atoms with Gasteiger partial charge in [0.05, 0.1) is 5.69 Å². The number of pyridine rings is 1. The first-order chi connectivity index (χ1) is 12.0. The number of nitrogens with two attached hydrogens (primary N) is 1. The van der Waals surface area contributed by atoms with Gasteiger partial charge in [0.1, 0.15) is 11.6 Å². The number of aromatic nitrogens is 1. The number of nitrogens with one attached hydrogen (secondary N) is 1. The fourth-order valence-corrected chi connectivity index (χ4v) is 2.65. The van der Waals surface area contributed by atoms with Crippen LogP contribution < -0.4 is 16.0 Å². The van der Waals surface area contributed by atoms with Crippen LogP contribution in [-0.2, 0) is 0 Å². The fourth-order valence-electron chi connectivity index (χ4n) is 2.65. The summed E-state index contributed by atoms with van der Waals surface area (Å²) >= 11 is 0. The molecule has 0 spiro atoms. The van der Waals surface area contributed by atoms with Crippen LogP contribution >= 0.6 is 0 Å². The van der Waals surface area contributed by atoms with E-state index in [0.29, 0.717) is 26.2 Å². The number of hydrogen-bond donors (Lipinski definition) is 2. The van der Waals surface area contributed by atoms with Crippen LogP contribution in [-0.4, -0.2) is 48.0 Å². The second-order valence-electron chi connectivity index (χ2n) is 5.65. The summed E-state index contributed by atoms with van der Waals surface area (Å²) in [6, 6.07) is 8.88. The molecule has 3 amide bonds. The van der Waals surface area contributed by atoms with Crippen LogP contribution in [0.5, 0.6) is 0 Å². The molecule has 1 fully saturated rings. The maximum atomic E-state index is 13.8. The minimum Gasteiger partial charge on any atom is -0.366 e. The second kappa shape index (κ2) is 7.16. The molecule has 1 aromatic heterocycles. The second-order valence-corrected chi connectivity index (χ2v) is 5.65. The third-order valence-corrected chi connectivity index (χ3v) is 4.03. The van der Waals surface area contributed by atoms with E-state index in [4.69, 9.17) is 5.73 Å². The van der Waals surface area contributed by atoms with E-state index in [-0.39, 0.29) is 11.3 Å². The van der Waals surface area contributed by atoms with E-state index >= 15 is 0 Å². The molecule has 2 aromatic rings. The lowest BCUT2D eigenvalue weighted by molar-refractivity contribution is 0.1000. The number of carbonyl (C=O) groups excluding carboxylic acids is 2. The van der Waals surface area contributed by atoms with Crippen molar-refractivity contribution in [3.63, 3.8) is 0 Å². The summed E-state index contributed by atoms with van der Waals surface area (Å²) in [5.74, 6) is -0.437. The summed E-state index contributed by atoms with van der Waals surface area (Å²) in [7, 11) is 0. The molecular weight excluding hydrogens is 325 g/mol. The molecule has 0 saturated carbocycles. The highest BCUT2D eigenvalue weighted by molar-refractivity contribution is 5.96. The van der Waals surface area contributed by atoms with Crippen molar-refractivity contribution in [3.8, 4) is 0 Å². The van der Waals surface area contributed by atoms with Crippen LogP contribution in [0, 0.1) is 5.82 Å². The lowest BCUT2D eigenvalue weighted by atomic mass is 10.2. The fraction of sp³-hybridized carbons (Fsp3) is 0.235. The highest BCUT2D eigenvalue weighted by Gasteiger charge is 2.22. The van der Waals surface area contributed by atoms with Crippen LogP contribution in [0.4, 0.5) is 20.7 Å². The average molecular weight is 343 g/mol. The molecule has 0 aliphatic carbocycles. The first-order valence-corrected chi connectivity index (χ1v) is 7.86. The number of nitrogens with zero attached hydrogens (tertiary/aromatic N) is 3. The summed E-state index contributed by atoms with van der Waals surface area (Å²) in [5, 5.41) is 2.50. The molecule has 7 nitrogen and oxygen atoms in total. The summed E-state index contributed by atoms with van der Waals surface area (Å²) in [6.07, 6.45) is 1.73. The molecule has 25 heavy (non-hydrogen) atoms. The molecule has 8 heteroatoms. The summed E-state index contributed by atoms with van der Waals surface area (Å²) < 4.78 is 13.8. The number of urea groups is 1. The van der Waals surface area contributed by atoms with Gasteiger partial charge >= 0.3 is 6.03 Å². The average Bonchev–Trinajstić information content (AvgIpc) is 2.64. The number of rotatable bonds is 3. The third-order valence-electron chi connectivity index (χ3n) is 4.03. The van der Waals surface area contributed by atoms with Gasteiger partial charge in [0.25, 0.3) is 0 Å². The van der Waals surface area contributed by atoms with Crippen molar-refractivity contribution in [2.24, 2.45) is 5.73 Å². The van der Waals surface area contributed by atoms with E-state index in [1.165, 1.54) is 12.1 Å². The maximum absolute atomic E-state index is 13.8. The molecule has 1 aromatic carbocycles. The number of anilines is 2. The minimum absolute atomic E-state index is 0.0616. The molecule has 3 N–H and O–H groups in total. The number of primary amides is 1. The molecule has 2 heterocycles. The normalized spacial score (nSPS) is 14.3. The molecule has 130 valence electrons. The van der Waals surface area contributed by atoms with Crippen molar-refractivity contribution < 1.29 is 14.0 Å². The van der Waals surface area contributed by atoms with Gasteiger partial charge in [-0.1, -0.05) is 6.07 Å². The maximum Gasteiger partial charge on any atom is 0.322 e. The Morgan fingerprint density at radius 2 is 1.88 bits per heavy atom. The molecule has 0 unspecified atom stereocenters. The number of piperazine rings is 1. The van der Waals surface area contributed by atoms with Crippen molar-refractivity contribution in [2.75, 3.05) is 36.4 Å². The van der Waals surface area contributed by atoms with Gasteiger partial charge in [-0.15, -0.1) is 0 Å². The SMILES string of the molecule is NC(=O)c1ccc(F)c(NC(=O)N2CCN(c3ccccn3)CC2)c1. The van der Waals surface area contributed by atoms with E-state index in [9.17, 15) is 14.0 Å². The number of halogens is 1. The first kappa shape index (κ1) is 16.7. The summed E-state index contributed by atoms with van der Waals surface area (Å²) in [4.78, 5) is 31.5. The minimum atomic E-state index is -0.681. The molecule has 1 saturated heterocycles. The lowest BCUT2D eigenvalue weighted by Crippen LogP contribution is -2.50. The molecule has 1 aliphatic heterocycles. The van der Waals surface area contributed by atoms with Gasteiger partial charge in [-0.25, -0.2) is 14.2 Å². The third kappa shape index (κ3) is 3.85. The Labute approximate surface area is 144 Å². The highest BCUT2D eigenvalue weighted by Crippen LogP contribution is 2.18. The van der Waals surface area contributed by atoms with Crippen molar-refractivity contribution in [1.29, 1.82) is 0 Å². The zero-order valence-corrected chi connectivity index (χ0v) is 13.5. The van der Waals surface area contributed by atoms with E-state index in [1.54, 1.807) is 11.1 Å². The number of hydrogen-bond acceptors (Lipinski definition) is 4. The van der Waals surface area contributed by atoms with Crippen LogP contribution in [0.25, 0.3) is 0 Å². The van der Waals surface area contributed by atoms with Gasteiger partial charge in [-0.05, 0) is 30.3 Å². The summed E-state index contributed by atoms with van der Waals surface area (Å²) in [6.45, 7) is 2.24. The Balaban J connectivity index is 1.62. The molecule has 3 rings (SSSR count). The smallest absolute Gasteiger partial charge is 0.322 e. The molecule has 1 aliphatic rings. The van der Waals surface area contributed by atoms with E-state index in [2.05, 4.69) is 15.2 Å². The topological polar surface area (TPSA) is 91.6 Å². The predicted molar refractivity (Wildman–Crippen MR) is 92.0 cm³/mol. The monoisotopic (exact) mass is 343 g/mol. The van der Waals surface area contributed by atoms with Crippen LogP contribution in [0.3, 0.4) is 0 Å². The summed E-state index contributed by atoms with van der Waals surface area (Å²) in [5.41, 5.74) is 5.26. The van der Waals surface area contributed by atoms with E-state index < -0.39 is 17.8 Å². The number of benzene rings is 1. The van der Waals surface area contributed by atoms with E-state index in [1.807, 2.05) is 18.2 Å². The lowest BCUT2D eigenvalue weighted by Gasteiger charge is -2.35. The molecule has 0 radical (unpaired) electrons. The first-order valence-electron chi connectivity index (χ1n) is 7.86. The zero-order valence-electron chi connectivity index (χ0n) is 13.5. The molecule has 0 bridgehead atoms.